The Hall–Kier alpha value is -6.06. The Morgan fingerprint density at radius 1 is 0.680 bits per heavy atom. The average molecular weight is 680 g/mol. The molecule has 248 valence electrons. The maximum absolute atomic E-state index is 13.4. The van der Waals surface area contributed by atoms with Gasteiger partial charge in [-0.1, -0.05) is 92.7 Å². The van der Waals surface area contributed by atoms with E-state index in [9.17, 15) is 24.0 Å². The van der Waals surface area contributed by atoms with Crippen molar-refractivity contribution in [3.05, 3.63) is 166 Å². The largest absolute Gasteiger partial charge is 0.325 e. The quantitative estimate of drug-likeness (QED) is 0.101. The number of hydrogen-bond acceptors (Lipinski definition) is 6. The van der Waals surface area contributed by atoms with Crippen molar-refractivity contribution >= 4 is 58.5 Å². The average Bonchev–Trinajstić information content (AvgIpc) is 3.13. The molecule has 5 aromatic carbocycles. The van der Waals surface area contributed by atoms with Gasteiger partial charge < -0.3 is 16.0 Å². The van der Waals surface area contributed by atoms with Crippen molar-refractivity contribution in [3.8, 4) is 0 Å². The number of thioether (sulfide) groups is 1. The maximum Gasteiger partial charge on any atom is 0.272 e. The zero-order valence-electron chi connectivity index (χ0n) is 27.4. The third kappa shape index (κ3) is 7.64. The normalized spacial score (nSPS) is 12.2. The van der Waals surface area contributed by atoms with Gasteiger partial charge in [-0.2, -0.15) is 0 Å². The fraction of sp³-hybridized carbons (Fsp3) is 0.0976. The molecular formula is C41H33N3O5S. The van der Waals surface area contributed by atoms with Gasteiger partial charge in [0.15, 0.2) is 11.6 Å². The molecule has 0 heterocycles. The number of amides is 3. The third-order valence-corrected chi connectivity index (χ3v) is 9.16. The molecule has 0 radical (unpaired) electrons. The predicted molar refractivity (Wildman–Crippen MR) is 197 cm³/mol. The van der Waals surface area contributed by atoms with Gasteiger partial charge in [0.2, 0.25) is 5.91 Å². The van der Waals surface area contributed by atoms with Crippen molar-refractivity contribution in [2.24, 2.45) is 0 Å². The number of rotatable bonds is 10. The fourth-order valence-electron chi connectivity index (χ4n) is 5.50. The SMILES string of the molecule is CC(C)c1ccc(/C=C(\NC(=O)c2ccccc2)C(=O)Nc2ccc(SCC(=O)Nc3cccc4c3C(=O)c3ccccc3C4=O)cc2)cc1. The van der Waals surface area contributed by atoms with Gasteiger partial charge in [-0.25, -0.2) is 0 Å². The summed E-state index contributed by atoms with van der Waals surface area (Å²) in [6.45, 7) is 4.21. The van der Waals surface area contributed by atoms with Crippen LogP contribution >= 0.6 is 11.8 Å². The zero-order valence-corrected chi connectivity index (χ0v) is 28.2. The van der Waals surface area contributed by atoms with Crippen LogP contribution in [0.15, 0.2) is 132 Å². The predicted octanol–water partition coefficient (Wildman–Crippen LogP) is 7.73. The van der Waals surface area contributed by atoms with Crippen molar-refractivity contribution in [2.75, 3.05) is 16.4 Å². The number of hydrogen-bond donors (Lipinski definition) is 3. The van der Waals surface area contributed by atoms with Crippen LogP contribution in [0.1, 0.15) is 73.1 Å². The van der Waals surface area contributed by atoms with Crippen molar-refractivity contribution in [2.45, 2.75) is 24.7 Å². The number of fused-ring (bicyclic) bond motifs is 2. The molecule has 9 heteroatoms. The molecule has 8 nitrogen and oxygen atoms in total. The van der Waals surface area contributed by atoms with Crippen LogP contribution in [0.2, 0.25) is 0 Å². The van der Waals surface area contributed by atoms with E-state index >= 15 is 0 Å². The lowest BCUT2D eigenvalue weighted by molar-refractivity contribution is -0.114. The van der Waals surface area contributed by atoms with Crippen LogP contribution in [0.5, 0.6) is 0 Å². The van der Waals surface area contributed by atoms with E-state index in [4.69, 9.17) is 0 Å². The lowest BCUT2D eigenvalue weighted by Crippen LogP contribution is -2.30. The summed E-state index contributed by atoms with van der Waals surface area (Å²) in [5, 5.41) is 8.40. The van der Waals surface area contributed by atoms with Gasteiger partial charge in [0.1, 0.15) is 5.70 Å². The Kier molecular flexibility index (Phi) is 10.2. The molecule has 6 rings (SSSR count). The van der Waals surface area contributed by atoms with Crippen molar-refractivity contribution in [1.29, 1.82) is 0 Å². The molecule has 0 fully saturated rings. The van der Waals surface area contributed by atoms with Gasteiger partial charge in [0.25, 0.3) is 11.8 Å². The first-order valence-electron chi connectivity index (χ1n) is 16.0. The van der Waals surface area contributed by atoms with E-state index in [1.54, 1.807) is 97.1 Å². The van der Waals surface area contributed by atoms with Crippen LogP contribution in [-0.4, -0.2) is 35.0 Å². The summed E-state index contributed by atoms with van der Waals surface area (Å²) in [5.41, 5.74) is 4.33. The van der Waals surface area contributed by atoms with Crippen LogP contribution in [0.25, 0.3) is 6.08 Å². The molecule has 0 saturated heterocycles. The highest BCUT2D eigenvalue weighted by molar-refractivity contribution is 8.00. The fourth-order valence-corrected chi connectivity index (χ4v) is 6.20. The van der Waals surface area contributed by atoms with Crippen molar-refractivity contribution in [1.82, 2.24) is 5.32 Å². The monoisotopic (exact) mass is 679 g/mol. The molecular weight excluding hydrogens is 647 g/mol. The van der Waals surface area contributed by atoms with Gasteiger partial charge in [-0.15, -0.1) is 11.8 Å². The van der Waals surface area contributed by atoms with Crippen LogP contribution in [0.3, 0.4) is 0 Å². The second kappa shape index (κ2) is 15.0. The molecule has 0 atom stereocenters. The van der Waals surface area contributed by atoms with Crippen LogP contribution in [0, 0.1) is 0 Å². The second-order valence-corrected chi connectivity index (χ2v) is 13.0. The van der Waals surface area contributed by atoms with Gasteiger partial charge in [0.05, 0.1) is 17.0 Å². The topological polar surface area (TPSA) is 121 Å². The summed E-state index contributed by atoms with van der Waals surface area (Å²) in [5.74, 6) is -1.41. The van der Waals surface area contributed by atoms with E-state index in [0.717, 1.165) is 16.0 Å². The van der Waals surface area contributed by atoms with E-state index < -0.39 is 11.8 Å². The Morgan fingerprint density at radius 3 is 2.00 bits per heavy atom. The van der Waals surface area contributed by atoms with E-state index in [-0.39, 0.29) is 45.7 Å². The first kappa shape index (κ1) is 33.8. The number of nitrogens with one attached hydrogen (secondary N) is 3. The van der Waals surface area contributed by atoms with Crippen molar-refractivity contribution < 1.29 is 24.0 Å². The van der Waals surface area contributed by atoms with Gasteiger partial charge >= 0.3 is 0 Å². The smallest absolute Gasteiger partial charge is 0.272 e. The minimum Gasteiger partial charge on any atom is -0.325 e. The maximum atomic E-state index is 13.4. The van der Waals surface area contributed by atoms with Crippen LogP contribution in [-0.2, 0) is 9.59 Å². The number of carbonyl (C=O) groups is 5. The molecule has 1 aliphatic carbocycles. The Morgan fingerprint density at radius 2 is 1.32 bits per heavy atom. The molecule has 50 heavy (non-hydrogen) atoms. The molecule has 0 aliphatic heterocycles. The molecule has 0 saturated carbocycles. The summed E-state index contributed by atoms with van der Waals surface area (Å²) in [7, 11) is 0. The van der Waals surface area contributed by atoms with E-state index in [1.165, 1.54) is 11.8 Å². The molecule has 3 amide bonds. The number of ketones is 2. The highest BCUT2D eigenvalue weighted by Crippen LogP contribution is 2.32. The van der Waals surface area contributed by atoms with E-state index in [2.05, 4.69) is 29.8 Å². The highest BCUT2D eigenvalue weighted by Gasteiger charge is 2.31. The Labute approximate surface area is 294 Å². The standard InChI is InChI=1S/C41H33N3O5S/c1-25(2)27-17-15-26(16-18-27)23-35(44-40(48)28-9-4-3-5-10-28)41(49)42-29-19-21-30(22-20-29)50-24-36(45)43-34-14-8-13-33-37(34)39(47)32-12-7-6-11-31(32)38(33)46/h3-23,25H,24H2,1-2H3,(H,42,49)(H,43,45)(H,44,48)/b35-23-. The Bertz CT molecular complexity index is 2140. The van der Waals surface area contributed by atoms with Gasteiger partial charge in [-0.05, 0) is 65.6 Å². The van der Waals surface area contributed by atoms with Crippen LogP contribution in [0.4, 0.5) is 11.4 Å². The summed E-state index contributed by atoms with van der Waals surface area (Å²) in [6.07, 6.45) is 1.63. The van der Waals surface area contributed by atoms with E-state index in [0.29, 0.717) is 28.3 Å². The second-order valence-electron chi connectivity index (χ2n) is 11.9. The van der Waals surface area contributed by atoms with Crippen molar-refractivity contribution in [3.63, 3.8) is 0 Å². The lowest BCUT2D eigenvalue weighted by atomic mass is 9.83. The first-order chi connectivity index (χ1) is 24.2. The number of anilines is 2. The summed E-state index contributed by atoms with van der Waals surface area (Å²) < 4.78 is 0. The zero-order chi connectivity index (χ0) is 35.2. The molecule has 5 aromatic rings. The number of carbonyl (C=O) groups excluding carboxylic acids is 5. The Balaban J connectivity index is 1.10. The summed E-state index contributed by atoms with van der Waals surface area (Å²) in [4.78, 5) is 66.5. The summed E-state index contributed by atoms with van der Waals surface area (Å²) >= 11 is 1.27. The van der Waals surface area contributed by atoms with Gasteiger partial charge in [0, 0.05) is 32.8 Å². The minimum atomic E-state index is -0.496. The molecule has 0 spiro atoms. The number of benzene rings is 5. The van der Waals surface area contributed by atoms with Gasteiger partial charge in [-0.3, -0.25) is 24.0 Å². The molecule has 1 aliphatic rings. The lowest BCUT2D eigenvalue weighted by Gasteiger charge is -2.20. The molecule has 3 N–H and O–H groups in total. The molecule has 0 aromatic heterocycles. The van der Waals surface area contributed by atoms with E-state index in [1.807, 2.05) is 30.3 Å². The molecule has 0 bridgehead atoms. The minimum absolute atomic E-state index is 0.0437. The van der Waals surface area contributed by atoms with Crippen LogP contribution < -0.4 is 16.0 Å². The highest BCUT2D eigenvalue weighted by atomic mass is 32.2. The first-order valence-corrected chi connectivity index (χ1v) is 17.0. The summed E-state index contributed by atoms with van der Waals surface area (Å²) in [6, 6.07) is 34.9. The molecule has 0 unspecified atom stereocenters. The third-order valence-electron chi connectivity index (χ3n) is 8.15.